The van der Waals surface area contributed by atoms with Gasteiger partial charge in [-0.25, -0.2) is 0 Å². The standard InChI is InChI=1S/C12H14Cl3NO/c1-2-3-4-5-12(17)16-11-7-9(14)8(13)6-10(11)15/h6-7H,2-5H2,1H3,(H,16,17). The third-order valence-corrected chi connectivity index (χ3v) is 3.33. The van der Waals surface area contributed by atoms with Crippen molar-refractivity contribution in [3.63, 3.8) is 0 Å². The summed E-state index contributed by atoms with van der Waals surface area (Å²) >= 11 is 17.6. The highest BCUT2D eigenvalue weighted by molar-refractivity contribution is 6.44. The first kappa shape index (κ1) is 14.6. The van der Waals surface area contributed by atoms with Gasteiger partial charge in [-0.2, -0.15) is 0 Å². The molecule has 0 radical (unpaired) electrons. The maximum absolute atomic E-state index is 11.6. The molecule has 0 saturated carbocycles. The van der Waals surface area contributed by atoms with E-state index in [2.05, 4.69) is 12.2 Å². The minimum atomic E-state index is -0.0567. The van der Waals surface area contributed by atoms with E-state index >= 15 is 0 Å². The highest BCUT2D eigenvalue weighted by Crippen LogP contribution is 2.32. The van der Waals surface area contributed by atoms with Crippen LogP contribution in [-0.4, -0.2) is 5.91 Å². The number of anilines is 1. The van der Waals surface area contributed by atoms with E-state index in [1.54, 1.807) is 6.07 Å². The van der Waals surface area contributed by atoms with E-state index in [9.17, 15) is 4.79 Å². The van der Waals surface area contributed by atoms with E-state index in [-0.39, 0.29) is 5.91 Å². The molecule has 0 aromatic heterocycles. The van der Waals surface area contributed by atoms with Crippen molar-refractivity contribution in [2.75, 3.05) is 5.32 Å². The minimum Gasteiger partial charge on any atom is -0.325 e. The van der Waals surface area contributed by atoms with E-state index in [0.717, 1.165) is 19.3 Å². The average molecular weight is 295 g/mol. The fraction of sp³-hybridized carbons (Fsp3) is 0.417. The number of nitrogens with one attached hydrogen (secondary N) is 1. The molecule has 1 aromatic carbocycles. The van der Waals surface area contributed by atoms with Gasteiger partial charge < -0.3 is 5.32 Å². The molecule has 0 heterocycles. The third-order valence-electron chi connectivity index (χ3n) is 2.29. The van der Waals surface area contributed by atoms with Crippen molar-refractivity contribution >= 4 is 46.4 Å². The summed E-state index contributed by atoms with van der Waals surface area (Å²) in [5.74, 6) is -0.0567. The molecule has 0 fully saturated rings. The number of halogens is 3. The predicted molar refractivity (Wildman–Crippen MR) is 74.2 cm³/mol. The van der Waals surface area contributed by atoms with Crippen LogP contribution in [0.3, 0.4) is 0 Å². The molecular formula is C12H14Cl3NO. The number of unbranched alkanes of at least 4 members (excludes halogenated alkanes) is 2. The maximum atomic E-state index is 11.6. The monoisotopic (exact) mass is 293 g/mol. The topological polar surface area (TPSA) is 29.1 Å². The average Bonchev–Trinajstić information content (AvgIpc) is 2.26. The Hall–Kier alpha value is -0.440. The second-order valence-corrected chi connectivity index (χ2v) is 4.97. The van der Waals surface area contributed by atoms with E-state index in [0.29, 0.717) is 27.2 Å². The Kier molecular flexibility index (Phi) is 6.10. The van der Waals surface area contributed by atoms with Crippen LogP contribution in [0.15, 0.2) is 12.1 Å². The molecule has 0 spiro atoms. The Morgan fingerprint density at radius 1 is 1.12 bits per heavy atom. The maximum Gasteiger partial charge on any atom is 0.224 e. The SMILES string of the molecule is CCCCCC(=O)Nc1cc(Cl)c(Cl)cc1Cl. The molecule has 1 aromatic rings. The van der Waals surface area contributed by atoms with Crippen LogP contribution in [0.25, 0.3) is 0 Å². The number of rotatable bonds is 5. The summed E-state index contributed by atoms with van der Waals surface area (Å²) < 4.78 is 0. The van der Waals surface area contributed by atoms with Gasteiger partial charge >= 0.3 is 0 Å². The lowest BCUT2D eigenvalue weighted by atomic mass is 10.2. The summed E-state index contributed by atoms with van der Waals surface area (Å²) in [6, 6.07) is 3.08. The van der Waals surface area contributed by atoms with Crippen LogP contribution in [0.2, 0.25) is 15.1 Å². The molecule has 2 nitrogen and oxygen atoms in total. The molecule has 94 valence electrons. The number of carbonyl (C=O) groups excluding carboxylic acids is 1. The number of benzene rings is 1. The third kappa shape index (κ3) is 4.74. The Labute approximate surface area is 116 Å². The van der Waals surface area contributed by atoms with Crippen molar-refractivity contribution in [2.24, 2.45) is 0 Å². The molecule has 1 amide bonds. The van der Waals surface area contributed by atoms with E-state index in [1.165, 1.54) is 6.07 Å². The second-order valence-electron chi connectivity index (χ2n) is 3.75. The van der Waals surface area contributed by atoms with Gasteiger partial charge in [-0.15, -0.1) is 0 Å². The first-order chi connectivity index (χ1) is 8.04. The first-order valence-electron chi connectivity index (χ1n) is 5.49. The lowest BCUT2D eigenvalue weighted by molar-refractivity contribution is -0.116. The van der Waals surface area contributed by atoms with Crippen LogP contribution < -0.4 is 5.32 Å². The molecule has 0 aliphatic heterocycles. The van der Waals surface area contributed by atoms with Gasteiger partial charge in [0.1, 0.15) is 0 Å². The van der Waals surface area contributed by atoms with Crippen molar-refractivity contribution < 1.29 is 4.79 Å². The summed E-state index contributed by atoms with van der Waals surface area (Å²) in [4.78, 5) is 11.6. The fourth-order valence-corrected chi connectivity index (χ4v) is 1.96. The summed E-state index contributed by atoms with van der Waals surface area (Å²) in [6.45, 7) is 2.09. The van der Waals surface area contributed by atoms with Crippen molar-refractivity contribution in [3.8, 4) is 0 Å². The van der Waals surface area contributed by atoms with Gasteiger partial charge in [0.05, 0.1) is 20.8 Å². The van der Waals surface area contributed by atoms with Crippen LogP contribution >= 0.6 is 34.8 Å². The van der Waals surface area contributed by atoms with E-state index in [4.69, 9.17) is 34.8 Å². The molecule has 0 saturated heterocycles. The van der Waals surface area contributed by atoms with E-state index < -0.39 is 0 Å². The molecule has 0 bridgehead atoms. The number of carbonyl (C=O) groups is 1. The Morgan fingerprint density at radius 2 is 1.76 bits per heavy atom. The molecule has 0 atom stereocenters. The highest BCUT2D eigenvalue weighted by atomic mass is 35.5. The largest absolute Gasteiger partial charge is 0.325 e. The van der Waals surface area contributed by atoms with E-state index in [1.807, 2.05) is 0 Å². The van der Waals surface area contributed by atoms with Gasteiger partial charge in [0.25, 0.3) is 0 Å². The zero-order chi connectivity index (χ0) is 12.8. The van der Waals surface area contributed by atoms with Gasteiger partial charge in [0.15, 0.2) is 0 Å². The van der Waals surface area contributed by atoms with Gasteiger partial charge in [-0.05, 0) is 18.6 Å². The summed E-state index contributed by atoms with van der Waals surface area (Å²) in [7, 11) is 0. The Bertz CT molecular complexity index is 407. The molecule has 1 N–H and O–H groups in total. The highest BCUT2D eigenvalue weighted by Gasteiger charge is 2.08. The molecular weight excluding hydrogens is 280 g/mol. The predicted octanol–water partition coefficient (Wildman–Crippen LogP) is 5.17. The van der Waals surface area contributed by atoms with Gasteiger partial charge in [0, 0.05) is 6.42 Å². The van der Waals surface area contributed by atoms with Gasteiger partial charge in [-0.3, -0.25) is 4.79 Å². The fourth-order valence-electron chi connectivity index (χ4n) is 1.37. The summed E-state index contributed by atoms with van der Waals surface area (Å²) in [5, 5.41) is 3.87. The van der Waals surface area contributed by atoms with Crippen LogP contribution in [0.5, 0.6) is 0 Å². The van der Waals surface area contributed by atoms with Crippen molar-refractivity contribution in [1.29, 1.82) is 0 Å². The molecule has 5 heteroatoms. The summed E-state index contributed by atoms with van der Waals surface area (Å²) in [5.41, 5.74) is 0.502. The van der Waals surface area contributed by atoms with Crippen LogP contribution in [0, 0.1) is 0 Å². The molecule has 17 heavy (non-hydrogen) atoms. The number of amides is 1. The lowest BCUT2D eigenvalue weighted by Gasteiger charge is -2.08. The smallest absolute Gasteiger partial charge is 0.224 e. The molecule has 1 rings (SSSR count). The number of hydrogen-bond donors (Lipinski definition) is 1. The Morgan fingerprint density at radius 3 is 2.41 bits per heavy atom. The van der Waals surface area contributed by atoms with Crippen LogP contribution in [0.4, 0.5) is 5.69 Å². The quantitative estimate of drug-likeness (QED) is 0.589. The van der Waals surface area contributed by atoms with Gasteiger partial charge in [-0.1, -0.05) is 54.6 Å². The van der Waals surface area contributed by atoms with Crippen LogP contribution in [0.1, 0.15) is 32.6 Å². The zero-order valence-corrected chi connectivity index (χ0v) is 11.8. The van der Waals surface area contributed by atoms with Crippen molar-refractivity contribution in [2.45, 2.75) is 32.6 Å². The lowest BCUT2D eigenvalue weighted by Crippen LogP contribution is -2.11. The first-order valence-corrected chi connectivity index (χ1v) is 6.62. The molecule has 0 aliphatic rings. The zero-order valence-electron chi connectivity index (χ0n) is 9.53. The normalized spacial score (nSPS) is 10.4. The Balaban J connectivity index is 2.62. The second kappa shape index (κ2) is 7.10. The number of hydrogen-bond acceptors (Lipinski definition) is 1. The summed E-state index contributed by atoms with van der Waals surface area (Å²) in [6.07, 6.45) is 3.50. The van der Waals surface area contributed by atoms with Crippen LogP contribution in [-0.2, 0) is 4.79 Å². The van der Waals surface area contributed by atoms with Crippen molar-refractivity contribution in [1.82, 2.24) is 0 Å². The molecule has 0 aliphatic carbocycles. The van der Waals surface area contributed by atoms with Crippen molar-refractivity contribution in [3.05, 3.63) is 27.2 Å². The minimum absolute atomic E-state index is 0.0567. The molecule has 0 unspecified atom stereocenters. The van der Waals surface area contributed by atoms with Gasteiger partial charge in [0.2, 0.25) is 5.91 Å².